The van der Waals surface area contributed by atoms with Gasteiger partial charge in [-0.05, 0) is 29.0 Å². The molecule has 0 spiro atoms. The van der Waals surface area contributed by atoms with Crippen LogP contribution in [-0.4, -0.2) is 31.5 Å². The van der Waals surface area contributed by atoms with Crippen LogP contribution >= 0.6 is 22.9 Å². The van der Waals surface area contributed by atoms with Gasteiger partial charge < -0.3 is 4.74 Å². The molecule has 1 amide bonds. The molecule has 0 saturated heterocycles. The number of H-pyrrole nitrogens is 1. The number of aromatic amines is 1. The molecule has 0 aliphatic heterocycles. The summed E-state index contributed by atoms with van der Waals surface area (Å²) < 4.78 is 5.99. The molecule has 2 aromatic heterocycles. The third-order valence-corrected chi connectivity index (χ3v) is 5.04. The van der Waals surface area contributed by atoms with Crippen molar-refractivity contribution in [3.8, 4) is 5.75 Å². The number of hydrogen-bond acceptors (Lipinski definition) is 7. The maximum absolute atomic E-state index is 12.2. The van der Waals surface area contributed by atoms with Crippen molar-refractivity contribution in [2.45, 2.75) is 13.0 Å². The highest BCUT2D eigenvalue weighted by molar-refractivity contribution is 7.09. The van der Waals surface area contributed by atoms with Crippen LogP contribution < -0.4 is 10.1 Å². The van der Waals surface area contributed by atoms with Gasteiger partial charge in [0.15, 0.2) is 0 Å². The Balaban J connectivity index is 1.47. The Bertz CT molecular complexity index is 1100. The van der Waals surface area contributed by atoms with Crippen LogP contribution in [0.1, 0.15) is 26.6 Å². The Labute approximate surface area is 174 Å². The number of thiazole rings is 1. The number of ether oxygens (including phenoxy) is 1. The molecule has 0 unspecified atom stereocenters. The van der Waals surface area contributed by atoms with E-state index >= 15 is 0 Å². The van der Waals surface area contributed by atoms with E-state index in [1.165, 1.54) is 11.3 Å². The van der Waals surface area contributed by atoms with Crippen molar-refractivity contribution in [2.24, 2.45) is 0 Å². The number of tetrazole rings is 1. The predicted molar refractivity (Wildman–Crippen MR) is 109 cm³/mol. The van der Waals surface area contributed by atoms with E-state index in [1.54, 1.807) is 11.4 Å². The molecule has 0 aliphatic rings. The number of aromatic nitrogens is 5. The second kappa shape index (κ2) is 8.80. The fraction of sp³-hybridized carbons (Fsp3) is 0.105. The molecule has 146 valence electrons. The zero-order valence-electron chi connectivity index (χ0n) is 15.0. The molecule has 2 N–H and O–H groups in total. The van der Waals surface area contributed by atoms with Crippen LogP contribution in [0.3, 0.4) is 0 Å². The fourth-order valence-electron chi connectivity index (χ4n) is 2.60. The number of benzene rings is 2. The third-order valence-electron chi connectivity index (χ3n) is 3.96. The van der Waals surface area contributed by atoms with Crippen molar-refractivity contribution in [2.75, 3.05) is 5.32 Å². The van der Waals surface area contributed by atoms with Gasteiger partial charge in [0.1, 0.15) is 18.1 Å². The molecule has 0 saturated carbocycles. The van der Waals surface area contributed by atoms with Gasteiger partial charge in [-0.15, -0.1) is 16.4 Å². The lowest BCUT2D eigenvalue weighted by atomic mass is 10.1. The standard InChI is InChI=1S/C19H15ClN6O2S/c20-14-6-7-16(28-10-12-4-2-1-3-5-12)13(8-14)9-17-21-15(11-29-17)18(27)22-19-23-25-26-24-19/h1-8,11H,9-10H2,(H2,22,23,24,25,26,27). The van der Waals surface area contributed by atoms with Gasteiger partial charge in [0.2, 0.25) is 0 Å². The Hall–Kier alpha value is -3.30. The van der Waals surface area contributed by atoms with Crippen LogP contribution in [0.25, 0.3) is 0 Å². The minimum atomic E-state index is -0.402. The number of rotatable bonds is 7. The molecule has 8 nitrogen and oxygen atoms in total. The molecule has 29 heavy (non-hydrogen) atoms. The zero-order valence-corrected chi connectivity index (χ0v) is 16.6. The van der Waals surface area contributed by atoms with Crippen molar-refractivity contribution in [3.63, 3.8) is 0 Å². The molecule has 4 rings (SSSR count). The zero-order chi connectivity index (χ0) is 20.1. The lowest BCUT2D eigenvalue weighted by Gasteiger charge is -2.11. The summed E-state index contributed by atoms with van der Waals surface area (Å²) in [6.45, 7) is 0.450. The molecule has 0 atom stereocenters. The summed E-state index contributed by atoms with van der Waals surface area (Å²) >= 11 is 7.56. The minimum Gasteiger partial charge on any atom is -0.489 e. The molecule has 10 heteroatoms. The van der Waals surface area contributed by atoms with E-state index in [-0.39, 0.29) is 11.6 Å². The number of nitrogens with one attached hydrogen (secondary N) is 2. The number of carbonyl (C=O) groups is 1. The first kappa shape index (κ1) is 19.0. The maximum Gasteiger partial charge on any atom is 0.277 e. The highest BCUT2D eigenvalue weighted by Gasteiger charge is 2.15. The Kier molecular flexibility index (Phi) is 5.78. The van der Waals surface area contributed by atoms with Crippen LogP contribution in [0.4, 0.5) is 5.95 Å². The molecule has 2 heterocycles. The molecule has 4 aromatic rings. The first-order chi connectivity index (χ1) is 14.2. The summed E-state index contributed by atoms with van der Waals surface area (Å²) in [6.07, 6.45) is 0.491. The number of halogens is 1. The first-order valence-corrected chi connectivity index (χ1v) is 9.87. The summed E-state index contributed by atoms with van der Waals surface area (Å²) in [5.74, 6) is 0.419. The average Bonchev–Trinajstić information content (AvgIpc) is 3.40. The second-order valence-corrected chi connectivity index (χ2v) is 7.40. The van der Waals surface area contributed by atoms with Gasteiger partial charge in [-0.25, -0.2) is 4.98 Å². The Morgan fingerprint density at radius 1 is 1.21 bits per heavy atom. The molecular formula is C19H15ClN6O2S. The van der Waals surface area contributed by atoms with E-state index in [4.69, 9.17) is 16.3 Å². The fourth-order valence-corrected chi connectivity index (χ4v) is 3.59. The largest absolute Gasteiger partial charge is 0.489 e. The van der Waals surface area contributed by atoms with Gasteiger partial charge in [-0.3, -0.25) is 10.1 Å². The number of carbonyl (C=O) groups excluding carboxylic acids is 1. The molecule has 0 fully saturated rings. The van der Waals surface area contributed by atoms with Crippen LogP contribution in [0, 0.1) is 0 Å². The summed E-state index contributed by atoms with van der Waals surface area (Å²) in [5.41, 5.74) is 2.25. The topological polar surface area (TPSA) is 106 Å². The second-order valence-electron chi connectivity index (χ2n) is 6.02. The number of hydrogen-bond donors (Lipinski definition) is 2. The number of anilines is 1. The van der Waals surface area contributed by atoms with Gasteiger partial charge in [-0.1, -0.05) is 47.0 Å². The predicted octanol–water partition coefficient (Wildman–Crippen LogP) is 3.73. The number of nitrogens with zero attached hydrogens (tertiary/aromatic N) is 4. The van der Waals surface area contributed by atoms with Gasteiger partial charge >= 0.3 is 0 Å². The van der Waals surface area contributed by atoms with Crippen LogP contribution in [0.2, 0.25) is 5.02 Å². The Morgan fingerprint density at radius 3 is 2.86 bits per heavy atom. The van der Waals surface area contributed by atoms with E-state index in [2.05, 4.69) is 30.9 Å². The van der Waals surface area contributed by atoms with Gasteiger partial charge in [0.05, 0.1) is 5.01 Å². The third kappa shape index (κ3) is 4.95. The normalized spacial score (nSPS) is 10.7. The SMILES string of the molecule is O=C(Nc1nn[nH]n1)c1csc(Cc2cc(Cl)ccc2OCc2ccccc2)n1. The van der Waals surface area contributed by atoms with Crippen LogP contribution in [0.15, 0.2) is 53.9 Å². The molecule has 0 aliphatic carbocycles. The first-order valence-electron chi connectivity index (χ1n) is 8.62. The van der Waals surface area contributed by atoms with Crippen LogP contribution in [0.5, 0.6) is 5.75 Å². The van der Waals surface area contributed by atoms with E-state index < -0.39 is 5.91 Å². The van der Waals surface area contributed by atoms with E-state index in [0.29, 0.717) is 18.1 Å². The van der Waals surface area contributed by atoms with Crippen molar-refractivity contribution >= 4 is 34.8 Å². The van der Waals surface area contributed by atoms with Gasteiger partial charge in [-0.2, -0.15) is 5.21 Å². The average molecular weight is 427 g/mol. The summed E-state index contributed by atoms with van der Waals surface area (Å²) in [6, 6.07) is 15.4. The van der Waals surface area contributed by atoms with E-state index in [1.807, 2.05) is 42.5 Å². The van der Waals surface area contributed by atoms with Gasteiger partial charge in [0, 0.05) is 22.4 Å². The van der Waals surface area contributed by atoms with Crippen LogP contribution in [-0.2, 0) is 13.0 Å². The van der Waals surface area contributed by atoms with E-state index in [9.17, 15) is 4.79 Å². The molecule has 0 radical (unpaired) electrons. The highest BCUT2D eigenvalue weighted by Crippen LogP contribution is 2.27. The summed E-state index contributed by atoms with van der Waals surface area (Å²) in [5, 5.41) is 18.6. The highest BCUT2D eigenvalue weighted by atomic mass is 35.5. The van der Waals surface area contributed by atoms with Crippen molar-refractivity contribution in [1.82, 2.24) is 25.6 Å². The van der Waals surface area contributed by atoms with Gasteiger partial charge in [0.25, 0.3) is 11.9 Å². The molecule has 0 bridgehead atoms. The lowest BCUT2D eigenvalue weighted by Crippen LogP contribution is -2.13. The quantitative estimate of drug-likeness (QED) is 0.466. The summed E-state index contributed by atoms with van der Waals surface area (Å²) in [4.78, 5) is 16.6. The Morgan fingerprint density at radius 2 is 2.07 bits per heavy atom. The molecule has 2 aromatic carbocycles. The maximum atomic E-state index is 12.2. The molecular weight excluding hydrogens is 412 g/mol. The summed E-state index contributed by atoms with van der Waals surface area (Å²) in [7, 11) is 0. The lowest BCUT2D eigenvalue weighted by molar-refractivity contribution is 0.102. The van der Waals surface area contributed by atoms with E-state index in [0.717, 1.165) is 21.9 Å². The van der Waals surface area contributed by atoms with Crippen molar-refractivity contribution in [3.05, 3.63) is 80.8 Å². The number of amides is 1. The van der Waals surface area contributed by atoms with Crippen molar-refractivity contribution in [1.29, 1.82) is 0 Å². The monoisotopic (exact) mass is 426 g/mol. The minimum absolute atomic E-state index is 0.0935. The van der Waals surface area contributed by atoms with Crippen molar-refractivity contribution < 1.29 is 9.53 Å². The smallest absolute Gasteiger partial charge is 0.277 e.